The highest BCUT2D eigenvalue weighted by molar-refractivity contribution is 7.91. The van der Waals surface area contributed by atoms with Gasteiger partial charge in [0.1, 0.15) is 0 Å². The average Bonchev–Trinajstić information content (AvgIpc) is 2.73. The fourth-order valence-electron chi connectivity index (χ4n) is 2.01. The molecule has 0 aliphatic carbocycles. The average molecular weight is 259 g/mol. The lowest BCUT2D eigenvalue weighted by molar-refractivity contribution is 0.522. The Kier molecular flexibility index (Phi) is 3.66. The normalized spacial score (nSPS) is 23.7. The van der Waals surface area contributed by atoms with Crippen molar-refractivity contribution in [1.29, 1.82) is 0 Å². The van der Waals surface area contributed by atoms with E-state index in [-0.39, 0.29) is 0 Å². The van der Waals surface area contributed by atoms with Gasteiger partial charge in [-0.05, 0) is 37.9 Å². The summed E-state index contributed by atoms with van der Waals surface area (Å²) in [6.45, 7) is 3.77. The first-order chi connectivity index (χ1) is 7.55. The van der Waals surface area contributed by atoms with Crippen molar-refractivity contribution in [2.45, 2.75) is 19.9 Å². The fourth-order valence-corrected chi connectivity index (χ4v) is 4.73. The second kappa shape index (κ2) is 4.85. The number of aryl methyl sites for hydroxylation is 1. The predicted molar refractivity (Wildman–Crippen MR) is 67.5 cm³/mol. The summed E-state index contributed by atoms with van der Waals surface area (Å²) in [6, 6.07) is 4.24. The van der Waals surface area contributed by atoms with Gasteiger partial charge in [0.2, 0.25) is 0 Å². The van der Waals surface area contributed by atoms with Gasteiger partial charge in [0.25, 0.3) is 0 Å². The molecule has 0 saturated carbocycles. The molecule has 16 heavy (non-hydrogen) atoms. The van der Waals surface area contributed by atoms with Gasteiger partial charge in [-0.1, -0.05) is 0 Å². The van der Waals surface area contributed by atoms with Gasteiger partial charge >= 0.3 is 0 Å². The Balaban J connectivity index is 1.73. The van der Waals surface area contributed by atoms with Gasteiger partial charge in [-0.25, -0.2) is 8.42 Å². The third kappa shape index (κ3) is 3.30. The van der Waals surface area contributed by atoms with Gasteiger partial charge in [0.15, 0.2) is 9.84 Å². The lowest BCUT2D eigenvalue weighted by atomic mass is 10.1. The smallest absolute Gasteiger partial charge is 0.150 e. The van der Waals surface area contributed by atoms with Crippen LogP contribution in [0.25, 0.3) is 0 Å². The SMILES string of the molecule is Cc1ccc(CNCC2CCS(=O)(=O)C2)s1. The molecular formula is C11H17NO2S2. The molecule has 1 aromatic rings. The Morgan fingerprint density at radius 1 is 1.50 bits per heavy atom. The molecule has 2 rings (SSSR count). The van der Waals surface area contributed by atoms with Crippen molar-refractivity contribution in [2.75, 3.05) is 18.1 Å². The van der Waals surface area contributed by atoms with E-state index in [2.05, 4.69) is 24.4 Å². The van der Waals surface area contributed by atoms with Crippen molar-refractivity contribution in [3.63, 3.8) is 0 Å². The molecule has 1 fully saturated rings. The third-order valence-electron chi connectivity index (χ3n) is 2.85. The molecule has 1 aromatic heterocycles. The van der Waals surface area contributed by atoms with Crippen molar-refractivity contribution in [2.24, 2.45) is 5.92 Å². The maximum Gasteiger partial charge on any atom is 0.150 e. The van der Waals surface area contributed by atoms with E-state index in [9.17, 15) is 8.42 Å². The number of sulfone groups is 1. The van der Waals surface area contributed by atoms with Crippen LogP contribution in [-0.2, 0) is 16.4 Å². The maximum absolute atomic E-state index is 11.3. The molecule has 1 aliphatic rings. The van der Waals surface area contributed by atoms with E-state index in [0.717, 1.165) is 19.5 Å². The molecule has 1 saturated heterocycles. The molecule has 5 heteroatoms. The van der Waals surface area contributed by atoms with Gasteiger partial charge in [-0.15, -0.1) is 11.3 Å². The number of thiophene rings is 1. The largest absolute Gasteiger partial charge is 0.312 e. The van der Waals surface area contributed by atoms with Crippen molar-refractivity contribution in [1.82, 2.24) is 5.32 Å². The van der Waals surface area contributed by atoms with E-state index in [1.165, 1.54) is 9.75 Å². The van der Waals surface area contributed by atoms with E-state index >= 15 is 0 Å². The molecule has 3 nitrogen and oxygen atoms in total. The van der Waals surface area contributed by atoms with Crippen LogP contribution >= 0.6 is 11.3 Å². The zero-order valence-electron chi connectivity index (χ0n) is 9.40. The van der Waals surface area contributed by atoms with Crippen molar-refractivity contribution >= 4 is 21.2 Å². The second-order valence-electron chi connectivity index (χ2n) is 4.41. The molecule has 90 valence electrons. The first kappa shape index (κ1) is 12.1. The monoisotopic (exact) mass is 259 g/mol. The van der Waals surface area contributed by atoms with Crippen LogP contribution in [0.15, 0.2) is 12.1 Å². The minimum absolute atomic E-state index is 0.311. The fraction of sp³-hybridized carbons (Fsp3) is 0.636. The molecular weight excluding hydrogens is 242 g/mol. The van der Waals surface area contributed by atoms with Crippen molar-refractivity contribution in [3.05, 3.63) is 21.9 Å². The Bertz CT molecular complexity index is 450. The molecule has 0 radical (unpaired) electrons. The van der Waals surface area contributed by atoms with Crippen LogP contribution in [0.5, 0.6) is 0 Å². The lowest BCUT2D eigenvalue weighted by Crippen LogP contribution is -2.22. The van der Waals surface area contributed by atoms with Crippen LogP contribution in [0, 0.1) is 12.8 Å². The Hall–Kier alpha value is -0.390. The number of hydrogen-bond acceptors (Lipinski definition) is 4. The minimum atomic E-state index is -2.72. The summed E-state index contributed by atoms with van der Waals surface area (Å²) < 4.78 is 22.5. The van der Waals surface area contributed by atoms with Crippen molar-refractivity contribution in [3.8, 4) is 0 Å². The number of rotatable bonds is 4. The molecule has 1 aliphatic heterocycles. The Morgan fingerprint density at radius 3 is 2.88 bits per heavy atom. The van der Waals surface area contributed by atoms with Gasteiger partial charge < -0.3 is 5.32 Å². The van der Waals surface area contributed by atoms with Crippen molar-refractivity contribution < 1.29 is 8.42 Å². The standard InChI is InChI=1S/C11H17NO2S2/c1-9-2-3-11(15-9)7-12-6-10-4-5-16(13,14)8-10/h2-3,10,12H,4-8H2,1H3. The second-order valence-corrected chi connectivity index (χ2v) is 8.01. The van der Waals surface area contributed by atoms with Gasteiger partial charge in [-0.2, -0.15) is 0 Å². The zero-order chi connectivity index (χ0) is 11.6. The van der Waals surface area contributed by atoms with Crippen LogP contribution in [0.3, 0.4) is 0 Å². The number of nitrogens with one attached hydrogen (secondary N) is 1. The summed E-state index contributed by atoms with van der Waals surface area (Å²) in [4.78, 5) is 2.64. The Morgan fingerprint density at radius 2 is 2.31 bits per heavy atom. The third-order valence-corrected chi connectivity index (χ3v) is 5.69. The maximum atomic E-state index is 11.3. The lowest BCUT2D eigenvalue weighted by Gasteiger charge is -2.08. The molecule has 2 heterocycles. The van der Waals surface area contributed by atoms with Crippen LogP contribution in [-0.4, -0.2) is 26.5 Å². The molecule has 0 aromatic carbocycles. The topological polar surface area (TPSA) is 46.2 Å². The summed E-state index contributed by atoms with van der Waals surface area (Å²) in [5, 5.41) is 3.34. The first-order valence-electron chi connectivity index (χ1n) is 5.52. The summed E-state index contributed by atoms with van der Waals surface area (Å²) in [6.07, 6.45) is 0.818. The van der Waals surface area contributed by atoms with Crippen LogP contribution in [0.1, 0.15) is 16.2 Å². The van der Waals surface area contributed by atoms with Crippen LogP contribution in [0.4, 0.5) is 0 Å². The zero-order valence-corrected chi connectivity index (χ0v) is 11.0. The molecule has 0 amide bonds. The molecule has 0 spiro atoms. The summed E-state index contributed by atoms with van der Waals surface area (Å²) in [5.41, 5.74) is 0. The molecule has 0 bridgehead atoms. The Labute approximate surface area is 101 Å². The van der Waals surface area contributed by atoms with Crippen LogP contribution < -0.4 is 5.32 Å². The van der Waals surface area contributed by atoms with E-state index in [0.29, 0.717) is 17.4 Å². The van der Waals surface area contributed by atoms with Crippen LogP contribution in [0.2, 0.25) is 0 Å². The highest BCUT2D eigenvalue weighted by atomic mass is 32.2. The number of hydrogen-bond donors (Lipinski definition) is 1. The van der Waals surface area contributed by atoms with E-state index < -0.39 is 9.84 Å². The van der Waals surface area contributed by atoms with Gasteiger partial charge in [0, 0.05) is 16.3 Å². The first-order valence-corrected chi connectivity index (χ1v) is 8.15. The van der Waals surface area contributed by atoms with Gasteiger partial charge in [0.05, 0.1) is 11.5 Å². The summed E-state index contributed by atoms with van der Waals surface area (Å²) in [7, 11) is -2.72. The van der Waals surface area contributed by atoms with E-state index in [1.54, 1.807) is 11.3 Å². The highest BCUT2D eigenvalue weighted by Gasteiger charge is 2.27. The summed E-state index contributed by atoms with van der Waals surface area (Å²) in [5.74, 6) is 1.05. The summed E-state index contributed by atoms with van der Waals surface area (Å²) >= 11 is 1.79. The minimum Gasteiger partial charge on any atom is -0.312 e. The molecule has 1 atom stereocenters. The molecule has 1 N–H and O–H groups in total. The predicted octanol–water partition coefficient (Wildman–Crippen LogP) is 1.58. The quantitative estimate of drug-likeness (QED) is 0.893. The highest BCUT2D eigenvalue weighted by Crippen LogP contribution is 2.18. The molecule has 1 unspecified atom stereocenters. The van der Waals surface area contributed by atoms with Gasteiger partial charge in [-0.3, -0.25) is 0 Å². The van der Waals surface area contributed by atoms with E-state index in [1.807, 2.05) is 0 Å². The van der Waals surface area contributed by atoms with E-state index in [4.69, 9.17) is 0 Å².